The maximum atomic E-state index is 10.5. The number of thiophene rings is 1. The third-order valence-corrected chi connectivity index (χ3v) is 4.91. The molecule has 0 saturated heterocycles. The van der Waals surface area contributed by atoms with Gasteiger partial charge in [0, 0.05) is 28.7 Å². The van der Waals surface area contributed by atoms with Crippen LogP contribution in [-0.2, 0) is 19.4 Å². The smallest absolute Gasteiger partial charge is 0.146 e. The summed E-state index contributed by atoms with van der Waals surface area (Å²) in [4.78, 5) is 6.80. The van der Waals surface area contributed by atoms with Crippen molar-refractivity contribution in [2.24, 2.45) is 0 Å². The number of aliphatic hydroxyl groups is 1. The maximum Gasteiger partial charge on any atom is 0.146 e. The van der Waals surface area contributed by atoms with Crippen LogP contribution < -0.4 is 0 Å². The van der Waals surface area contributed by atoms with Gasteiger partial charge in [0.25, 0.3) is 0 Å². The molecule has 1 aliphatic rings. The van der Waals surface area contributed by atoms with Crippen molar-refractivity contribution in [2.75, 3.05) is 0 Å². The summed E-state index contributed by atoms with van der Waals surface area (Å²) < 4.78 is 2.00. The van der Waals surface area contributed by atoms with E-state index >= 15 is 0 Å². The average Bonchev–Trinajstić information content (AvgIpc) is 3.03. The number of rotatable bonds is 3. The Hall–Kier alpha value is -1.13. The van der Waals surface area contributed by atoms with Crippen LogP contribution in [0.25, 0.3) is 0 Å². The van der Waals surface area contributed by atoms with Gasteiger partial charge in [-0.2, -0.15) is 0 Å². The van der Waals surface area contributed by atoms with E-state index < -0.39 is 6.10 Å². The second-order valence-electron chi connectivity index (χ2n) is 4.78. The molecule has 0 saturated carbocycles. The molecule has 96 valence electrons. The number of aliphatic hydroxyl groups excluding tert-OH is 1. The van der Waals surface area contributed by atoms with Crippen molar-refractivity contribution in [1.82, 2.24) is 9.55 Å². The minimum Gasteiger partial charge on any atom is -0.380 e. The molecule has 0 bridgehead atoms. The van der Waals surface area contributed by atoms with Crippen molar-refractivity contribution in [3.63, 3.8) is 0 Å². The van der Waals surface area contributed by atoms with Gasteiger partial charge in [-0.3, -0.25) is 0 Å². The number of hydrogen-bond acceptors (Lipinski definition) is 3. The molecule has 3 nitrogen and oxygen atoms in total. The van der Waals surface area contributed by atoms with Gasteiger partial charge in [0.2, 0.25) is 0 Å². The Labute approximate surface area is 111 Å². The molecule has 0 aliphatic heterocycles. The van der Waals surface area contributed by atoms with Crippen molar-refractivity contribution in [3.05, 3.63) is 39.6 Å². The molecule has 2 heterocycles. The minimum absolute atomic E-state index is 0.574. The molecule has 1 unspecified atom stereocenters. The molecule has 2 aromatic heterocycles. The lowest BCUT2D eigenvalue weighted by Gasteiger charge is -2.10. The van der Waals surface area contributed by atoms with Gasteiger partial charge in [-0.05, 0) is 44.2 Å². The Kier molecular flexibility index (Phi) is 3.22. The summed E-state index contributed by atoms with van der Waals surface area (Å²) in [6, 6.07) is 2.18. The van der Waals surface area contributed by atoms with E-state index in [1.807, 2.05) is 10.8 Å². The molecule has 0 radical (unpaired) electrons. The first kappa shape index (κ1) is 11.9. The van der Waals surface area contributed by atoms with Crippen LogP contribution >= 0.6 is 11.3 Å². The van der Waals surface area contributed by atoms with Gasteiger partial charge in [0.05, 0.1) is 0 Å². The predicted molar refractivity (Wildman–Crippen MR) is 72.9 cm³/mol. The molecule has 2 aromatic rings. The van der Waals surface area contributed by atoms with Gasteiger partial charge in [-0.1, -0.05) is 0 Å². The van der Waals surface area contributed by atoms with Gasteiger partial charge < -0.3 is 9.67 Å². The largest absolute Gasteiger partial charge is 0.380 e. The average molecular weight is 262 g/mol. The van der Waals surface area contributed by atoms with Crippen molar-refractivity contribution in [3.8, 4) is 0 Å². The molecule has 18 heavy (non-hydrogen) atoms. The van der Waals surface area contributed by atoms with Crippen LogP contribution in [0.3, 0.4) is 0 Å². The van der Waals surface area contributed by atoms with Crippen molar-refractivity contribution < 1.29 is 5.11 Å². The highest BCUT2D eigenvalue weighted by Gasteiger charge is 2.21. The van der Waals surface area contributed by atoms with Crippen LogP contribution in [0.1, 0.15) is 47.0 Å². The van der Waals surface area contributed by atoms with Crippen molar-refractivity contribution in [2.45, 2.75) is 45.3 Å². The number of aromatic nitrogens is 2. The summed E-state index contributed by atoms with van der Waals surface area (Å²) in [5.41, 5.74) is 1.44. The zero-order chi connectivity index (χ0) is 12.5. The van der Waals surface area contributed by atoms with Crippen LogP contribution in [0.5, 0.6) is 0 Å². The number of nitrogens with zero attached hydrogens (tertiary/aromatic N) is 2. The maximum absolute atomic E-state index is 10.5. The first-order chi connectivity index (χ1) is 8.79. The normalized spacial score (nSPS) is 16.6. The Balaban J connectivity index is 1.92. The van der Waals surface area contributed by atoms with Gasteiger partial charge >= 0.3 is 0 Å². The molecule has 4 heteroatoms. The fourth-order valence-electron chi connectivity index (χ4n) is 2.61. The first-order valence-electron chi connectivity index (χ1n) is 6.60. The lowest BCUT2D eigenvalue weighted by atomic mass is 9.99. The molecule has 3 rings (SSSR count). The number of imidazole rings is 1. The number of hydrogen-bond donors (Lipinski definition) is 1. The summed E-state index contributed by atoms with van der Waals surface area (Å²) in [6.07, 6.45) is 8.02. The van der Waals surface area contributed by atoms with E-state index in [1.54, 1.807) is 17.5 Å². The van der Waals surface area contributed by atoms with Crippen molar-refractivity contribution in [1.29, 1.82) is 0 Å². The van der Waals surface area contributed by atoms with E-state index in [-0.39, 0.29) is 0 Å². The van der Waals surface area contributed by atoms with Crippen molar-refractivity contribution >= 4 is 11.3 Å². The van der Waals surface area contributed by atoms with E-state index in [0.29, 0.717) is 0 Å². The lowest BCUT2D eigenvalue weighted by molar-refractivity contribution is 0.208. The van der Waals surface area contributed by atoms with Gasteiger partial charge in [0.15, 0.2) is 0 Å². The molecular formula is C14H18N2OS. The second-order valence-corrected chi connectivity index (χ2v) is 5.95. The summed E-state index contributed by atoms with van der Waals surface area (Å²) in [5, 5.41) is 10.5. The highest BCUT2D eigenvalue weighted by atomic mass is 32.1. The molecule has 0 amide bonds. The topological polar surface area (TPSA) is 38.0 Å². The zero-order valence-corrected chi connectivity index (χ0v) is 11.4. The Bertz CT molecular complexity index is 520. The highest BCUT2D eigenvalue weighted by molar-refractivity contribution is 7.12. The quantitative estimate of drug-likeness (QED) is 0.923. The minimum atomic E-state index is -0.574. The van der Waals surface area contributed by atoms with Gasteiger partial charge in [0.1, 0.15) is 11.9 Å². The van der Waals surface area contributed by atoms with Crippen LogP contribution in [0.15, 0.2) is 18.5 Å². The van der Waals surface area contributed by atoms with E-state index in [0.717, 1.165) is 17.2 Å². The molecule has 1 atom stereocenters. The third-order valence-electron chi connectivity index (χ3n) is 3.62. The summed E-state index contributed by atoms with van der Waals surface area (Å²) in [6.45, 7) is 2.91. The van der Waals surface area contributed by atoms with Crippen LogP contribution in [0.2, 0.25) is 0 Å². The SMILES string of the molecule is CCn1ccnc1C(O)c1cc2c(s1)CCCC2. The summed E-state index contributed by atoms with van der Waals surface area (Å²) >= 11 is 1.76. The van der Waals surface area contributed by atoms with E-state index in [9.17, 15) is 5.11 Å². The van der Waals surface area contributed by atoms with E-state index in [4.69, 9.17) is 0 Å². The first-order valence-corrected chi connectivity index (χ1v) is 7.42. The fraction of sp³-hybridized carbons (Fsp3) is 0.500. The number of fused-ring (bicyclic) bond motifs is 1. The second kappa shape index (κ2) is 4.86. The lowest BCUT2D eigenvalue weighted by Crippen LogP contribution is -2.07. The Morgan fingerprint density at radius 3 is 3.06 bits per heavy atom. The van der Waals surface area contributed by atoms with Gasteiger partial charge in [-0.15, -0.1) is 11.3 Å². The zero-order valence-electron chi connectivity index (χ0n) is 10.6. The summed E-state index contributed by atoms with van der Waals surface area (Å²) in [5.74, 6) is 0.760. The molecule has 0 spiro atoms. The summed E-state index contributed by atoms with van der Waals surface area (Å²) in [7, 11) is 0. The monoisotopic (exact) mass is 262 g/mol. The Morgan fingerprint density at radius 1 is 1.44 bits per heavy atom. The molecule has 0 fully saturated rings. The number of aryl methyl sites for hydroxylation is 3. The Morgan fingerprint density at radius 2 is 2.28 bits per heavy atom. The third kappa shape index (κ3) is 1.99. The highest BCUT2D eigenvalue weighted by Crippen LogP contribution is 2.34. The van der Waals surface area contributed by atoms with Crippen LogP contribution in [-0.4, -0.2) is 14.7 Å². The molecule has 1 N–H and O–H groups in total. The van der Waals surface area contributed by atoms with Gasteiger partial charge in [-0.25, -0.2) is 4.98 Å². The molecular weight excluding hydrogens is 244 g/mol. The van der Waals surface area contributed by atoms with E-state index in [1.165, 1.54) is 36.1 Å². The fourth-order valence-corrected chi connectivity index (χ4v) is 3.85. The predicted octanol–water partition coefficient (Wildman–Crippen LogP) is 2.93. The van der Waals surface area contributed by atoms with Crippen LogP contribution in [0, 0.1) is 0 Å². The standard InChI is InChI=1S/C14H18N2OS/c1-2-16-8-7-15-14(16)13(17)12-9-10-5-3-4-6-11(10)18-12/h7-9,13,17H,2-6H2,1H3. The van der Waals surface area contributed by atoms with Crippen LogP contribution in [0.4, 0.5) is 0 Å². The van der Waals surface area contributed by atoms with E-state index in [2.05, 4.69) is 18.0 Å². The molecule has 1 aliphatic carbocycles. The molecule has 0 aromatic carbocycles.